The third-order valence-corrected chi connectivity index (χ3v) is 3.48. The van der Waals surface area contributed by atoms with Crippen LogP contribution in [0.1, 0.15) is 36.0 Å². The maximum absolute atomic E-state index is 11.8. The predicted octanol–water partition coefficient (Wildman–Crippen LogP) is 2.94. The molecule has 1 aromatic carbocycles. The molecule has 0 saturated heterocycles. The van der Waals surface area contributed by atoms with Crippen molar-refractivity contribution in [3.63, 3.8) is 0 Å². The van der Waals surface area contributed by atoms with Crippen LogP contribution in [-0.4, -0.2) is 30.1 Å². The summed E-state index contributed by atoms with van der Waals surface area (Å²) in [6, 6.07) is 2.80. The fourth-order valence-electron chi connectivity index (χ4n) is 2.30. The van der Waals surface area contributed by atoms with Crippen molar-refractivity contribution in [1.82, 2.24) is 0 Å². The van der Waals surface area contributed by atoms with E-state index in [4.69, 9.17) is 26.2 Å². The number of carboxylic acid groups (broad SMARTS) is 1. The van der Waals surface area contributed by atoms with E-state index in [1.165, 1.54) is 19.2 Å². The van der Waals surface area contributed by atoms with Crippen LogP contribution in [0, 0.1) is 0 Å². The van der Waals surface area contributed by atoms with Gasteiger partial charge in [0.05, 0.1) is 18.8 Å². The molecule has 1 fully saturated rings. The van der Waals surface area contributed by atoms with Crippen LogP contribution in [0.15, 0.2) is 12.1 Å². The third kappa shape index (κ3) is 3.04. The van der Waals surface area contributed by atoms with Crippen molar-refractivity contribution in [3.8, 4) is 11.5 Å². The van der Waals surface area contributed by atoms with E-state index in [1.54, 1.807) is 0 Å². The first kappa shape index (κ1) is 14.7. The minimum atomic E-state index is -1.55. The lowest BCUT2D eigenvalue weighted by molar-refractivity contribution is -0.131. The molecule has 0 spiro atoms. The molecule has 0 aliphatic heterocycles. The van der Waals surface area contributed by atoms with Gasteiger partial charge in [0.25, 0.3) is 5.78 Å². The van der Waals surface area contributed by atoms with Crippen LogP contribution < -0.4 is 9.47 Å². The second-order valence-electron chi connectivity index (χ2n) is 4.64. The Bertz CT molecular complexity index is 535. The van der Waals surface area contributed by atoms with Crippen molar-refractivity contribution >= 4 is 23.4 Å². The Morgan fingerprint density at radius 2 is 1.95 bits per heavy atom. The largest absolute Gasteiger partial charge is 0.493 e. The molecule has 0 amide bonds. The van der Waals surface area contributed by atoms with Crippen molar-refractivity contribution in [1.29, 1.82) is 0 Å². The smallest absolute Gasteiger partial charge is 0.377 e. The zero-order chi connectivity index (χ0) is 14.7. The number of rotatable bonds is 5. The number of hydrogen-bond donors (Lipinski definition) is 1. The van der Waals surface area contributed by atoms with Gasteiger partial charge in [-0.1, -0.05) is 11.6 Å². The molecule has 1 N–H and O–H groups in total. The molecule has 0 bridgehead atoms. The first-order valence-corrected chi connectivity index (χ1v) is 6.72. The van der Waals surface area contributed by atoms with E-state index in [9.17, 15) is 9.59 Å². The van der Waals surface area contributed by atoms with Gasteiger partial charge < -0.3 is 14.6 Å². The molecular weight excluding hydrogens is 284 g/mol. The minimum absolute atomic E-state index is 0.0228. The Morgan fingerprint density at radius 3 is 2.50 bits per heavy atom. The molecule has 0 aromatic heterocycles. The van der Waals surface area contributed by atoms with Crippen molar-refractivity contribution < 1.29 is 24.2 Å². The average molecular weight is 299 g/mol. The number of methoxy groups -OCH3 is 1. The lowest BCUT2D eigenvalue weighted by Crippen LogP contribution is -2.18. The lowest BCUT2D eigenvalue weighted by Gasteiger charge is -2.18. The second kappa shape index (κ2) is 6.13. The van der Waals surface area contributed by atoms with Gasteiger partial charge in [-0.25, -0.2) is 4.79 Å². The summed E-state index contributed by atoms with van der Waals surface area (Å²) in [5.41, 5.74) is -0.0752. The van der Waals surface area contributed by atoms with Gasteiger partial charge in [0, 0.05) is 11.1 Å². The zero-order valence-electron chi connectivity index (χ0n) is 11.0. The summed E-state index contributed by atoms with van der Waals surface area (Å²) in [7, 11) is 1.42. The van der Waals surface area contributed by atoms with E-state index in [0.717, 1.165) is 25.7 Å². The van der Waals surface area contributed by atoms with Gasteiger partial charge in [0.1, 0.15) is 0 Å². The number of hydrogen-bond acceptors (Lipinski definition) is 4. The summed E-state index contributed by atoms with van der Waals surface area (Å²) in [5.74, 6) is -2.17. The maximum atomic E-state index is 11.8. The number of ether oxygens (including phenoxy) is 2. The molecule has 0 radical (unpaired) electrons. The van der Waals surface area contributed by atoms with Crippen molar-refractivity contribution in [2.24, 2.45) is 0 Å². The maximum Gasteiger partial charge on any atom is 0.377 e. The first-order valence-electron chi connectivity index (χ1n) is 6.34. The Kier molecular flexibility index (Phi) is 4.49. The standard InChI is InChI=1S/C14H15ClO5/c1-19-11-7-8(15)6-10(12(16)14(17)18)13(11)20-9-4-2-3-5-9/h6-7,9H,2-5H2,1H3,(H,17,18). The molecule has 108 valence electrons. The van der Waals surface area contributed by atoms with Crippen LogP contribution in [-0.2, 0) is 4.79 Å². The highest BCUT2D eigenvalue weighted by Gasteiger charge is 2.27. The van der Waals surface area contributed by atoms with Gasteiger partial charge in [-0.2, -0.15) is 0 Å². The van der Waals surface area contributed by atoms with E-state index in [1.807, 2.05) is 0 Å². The number of benzene rings is 1. The van der Waals surface area contributed by atoms with Gasteiger partial charge >= 0.3 is 5.97 Å². The lowest BCUT2D eigenvalue weighted by atomic mass is 10.1. The van der Waals surface area contributed by atoms with Gasteiger partial charge in [-0.3, -0.25) is 4.79 Å². The monoisotopic (exact) mass is 298 g/mol. The van der Waals surface area contributed by atoms with Crippen LogP contribution in [0.25, 0.3) is 0 Å². The SMILES string of the molecule is COc1cc(Cl)cc(C(=O)C(=O)O)c1OC1CCCC1. The number of aliphatic carboxylic acids is 1. The Morgan fingerprint density at radius 1 is 1.30 bits per heavy atom. The van der Waals surface area contributed by atoms with E-state index in [-0.39, 0.29) is 28.2 Å². The van der Waals surface area contributed by atoms with E-state index >= 15 is 0 Å². The third-order valence-electron chi connectivity index (χ3n) is 3.27. The van der Waals surface area contributed by atoms with E-state index < -0.39 is 11.8 Å². The van der Waals surface area contributed by atoms with Crippen LogP contribution >= 0.6 is 11.6 Å². The average Bonchev–Trinajstić information content (AvgIpc) is 2.92. The van der Waals surface area contributed by atoms with E-state index in [2.05, 4.69) is 0 Å². The molecule has 1 aliphatic rings. The number of carbonyl (C=O) groups excluding carboxylic acids is 1. The number of Topliss-reactive ketones (excluding diaryl/α,β-unsaturated/α-hetero) is 1. The minimum Gasteiger partial charge on any atom is -0.493 e. The molecule has 0 atom stereocenters. The first-order chi connectivity index (χ1) is 9.52. The summed E-state index contributed by atoms with van der Waals surface area (Å²) in [5, 5.41) is 9.11. The quantitative estimate of drug-likeness (QED) is 0.668. The Labute approximate surface area is 121 Å². The zero-order valence-corrected chi connectivity index (χ0v) is 11.8. The molecule has 20 heavy (non-hydrogen) atoms. The highest BCUT2D eigenvalue weighted by molar-refractivity contribution is 6.41. The van der Waals surface area contributed by atoms with Crippen LogP contribution in [0.4, 0.5) is 0 Å². The highest BCUT2D eigenvalue weighted by Crippen LogP contribution is 2.37. The van der Waals surface area contributed by atoms with Gasteiger partial charge in [-0.15, -0.1) is 0 Å². The summed E-state index contributed by atoms with van der Waals surface area (Å²) >= 11 is 5.89. The highest BCUT2D eigenvalue weighted by atomic mass is 35.5. The van der Waals surface area contributed by atoms with Crippen molar-refractivity contribution in [3.05, 3.63) is 22.7 Å². The van der Waals surface area contributed by atoms with Crippen LogP contribution in [0.3, 0.4) is 0 Å². The summed E-state index contributed by atoms with van der Waals surface area (Å²) in [4.78, 5) is 22.7. The Hall–Kier alpha value is -1.75. The van der Waals surface area contributed by atoms with Crippen molar-refractivity contribution in [2.45, 2.75) is 31.8 Å². The molecule has 1 aliphatic carbocycles. The summed E-state index contributed by atoms with van der Waals surface area (Å²) < 4.78 is 10.9. The van der Waals surface area contributed by atoms with Crippen molar-refractivity contribution in [2.75, 3.05) is 7.11 Å². The topological polar surface area (TPSA) is 72.8 Å². The number of halogens is 1. The molecule has 1 saturated carbocycles. The summed E-state index contributed by atoms with van der Waals surface area (Å²) in [6.07, 6.45) is 3.86. The van der Waals surface area contributed by atoms with Crippen LogP contribution in [0.5, 0.6) is 11.5 Å². The normalized spacial score (nSPS) is 15.1. The fourth-order valence-corrected chi connectivity index (χ4v) is 2.51. The Balaban J connectivity index is 2.43. The number of ketones is 1. The number of carbonyl (C=O) groups is 2. The van der Waals surface area contributed by atoms with Gasteiger partial charge in [0.15, 0.2) is 11.5 Å². The second-order valence-corrected chi connectivity index (χ2v) is 5.08. The predicted molar refractivity (Wildman–Crippen MR) is 72.9 cm³/mol. The molecule has 0 heterocycles. The molecular formula is C14H15ClO5. The van der Waals surface area contributed by atoms with Gasteiger partial charge in [-0.05, 0) is 31.7 Å². The summed E-state index contributed by atoms with van der Waals surface area (Å²) in [6.45, 7) is 0. The molecule has 1 aromatic rings. The number of carboxylic acids is 1. The molecule has 0 unspecified atom stereocenters. The van der Waals surface area contributed by atoms with Gasteiger partial charge in [0.2, 0.25) is 0 Å². The van der Waals surface area contributed by atoms with Crippen LogP contribution in [0.2, 0.25) is 5.02 Å². The molecule has 6 heteroatoms. The van der Waals surface area contributed by atoms with E-state index in [0.29, 0.717) is 0 Å². The molecule has 2 rings (SSSR count). The fraction of sp³-hybridized carbons (Fsp3) is 0.429. The molecule has 5 nitrogen and oxygen atoms in total.